The van der Waals surface area contributed by atoms with E-state index in [1.807, 2.05) is 17.5 Å². The van der Waals surface area contributed by atoms with Crippen LogP contribution in [0, 0.1) is 12.8 Å². The smallest absolute Gasteiger partial charge is 0.0930 e. The molecule has 11 heavy (non-hydrogen) atoms. The van der Waals surface area contributed by atoms with E-state index in [-0.39, 0.29) is 0 Å². The molecule has 60 valence electrons. The molecule has 0 radical (unpaired) electrons. The van der Waals surface area contributed by atoms with Crippen LogP contribution in [0.5, 0.6) is 0 Å². The first kappa shape index (κ1) is 7.29. The van der Waals surface area contributed by atoms with Gasteiger partial charge < -0.3 is 0 Å². The highest BCUT2D eigenvalue weighted by Crippen LogP contribution is 2.30. The minimum absolute atomic E-state index is 0.959. The maximum atomic E-state index is 4.36. The van der Waals surface area contributed by atoms with E-state index >= 15 is 0 Å². The number of hydrogen-bond donors (Lipinski definition) is 0. The summed E-state index contributed by atoms with van der Waals surface area (Å²) in [6.07, 6.45) is 7.52. The fraction of sp³-hybridized carbons (Fsp3) is 0.667. The molecule has 1 fully saturated rings. The lowest BCUT2D eigenvalue weighted by atomic mass is 9.83. The molecule has 0 atom stereocenters. The summed E-state index contributed by atoms with van der Waals surface area (Å²) in [4.78, 5) is 5.70. The molecule has 1 aromatic heterocycles. The maximum Gasteiger partial charge on any atom is 0.0930 e. The summed E-state index contributed by atoms with van der Waals surface area (Å²) in [7, 11) is 0. The Labute approximate surface area is 71.5 Å². The van der Waals surface area contributed by atoms with Crippen molar-refractivity contribution in [3.8, 4) is 0 Å². The molecule has 0 unspecified atom stereocenters. The molecule has 1 aromatic rings. The lowest BCUT2D eigenvalue weighted by molar-refractivity contribution is 0.314. The van der Waals surface area contributed by atoms with Crippen LogP contribution < -0.4 is 0 Å². The second-order valence-electron chi connectivity index (χ2n) is 3.37. The second-order valence-corrected chi connectivity index (χ2v) is 4.69. The Balaban J connectivity index is 1.95. The molecule has 0 saturated heterocycles. The summed E-state index contributed by atoms with van der Waals surface area (Å²) in [5.74, 6) is 0.959. The molecule has 0 amide bonds. The van der Waals surface area contributed by atoms with Crippen LogP contribution in [0.4, 0.5) is 0 Å². The van der Waals surface area contributed by atoms with Gasteiger partial charge in [-0.05, 0) is 12.8 Å². The van der Waals surface area contributed by atoms with Crippen molar-refractivity contribution in [1.82, 2.24) is 4.98 Å². The molecule has 0 bridgehead atoms. The van der Waals surface area contributed by atoms with E-state index < -0.39 is 0 Å². The molecule has 1 heterocycles. The molecule has 1 aliphatic carbocycles. The molecule has 2 heteroatoms. The Hall–Kier alpha value is -0.370. The van der Waals surface area contributed by atoms with Gasteiger partial charge in [0.05, 0.1) is 5.01 Å². The van der Waals surface area contributed by atoms with Gasteiger partial charge in [-0.2, -0.15) is 0 Å². The Morgan fingerprint density at radius 1 is 1.64 bits per heavy atom. The van der Waals surface area contributed by atoms with Crippen LogP contribution in [0.2, 0.25) is 0 Å². The first-order valence-electron chi connectivity index (χ1n) is 4.26. The third-order valence-corrected chi connectivity index (χ3v) is 3.29. The predicted octanol–water partition coefficient (Wildman–Crippen LogP) is 2.79. The van der Waals surface area contributed by atoms with Crippen molar-refractivity contribution >= 4 is 11.3 Å². The Kier molecular flexibility index (Phi) is 1.95. The second kappa shape index (κ2) is 2.94. The summed E-state index contributed by atoms with van der Waals surface area (Å²) in [5, 5.41) is 1.34. The Morgan fingerprint density at radius 3 is 2.91 bits per heavy atom. The third-order valence-electron chi connectivity index (χ3n) is 2.36. The third kappa shape index (κ3) is 1.62. The molecular weight excluding hydrogens is 154 g/mol. The van der Waals surface area contributed by atoms with Gasteiger partial charge in [0, 0.05) is 17.5 Å². The van der Waals surface area contributed by atoms with E-state index in [0.717, 1.165) is 5.92 Å². The average molecular weight is 167 g/mol. The van der Waals surface area contributed by atoms with Crippen LogP contribution in [0.1, 0.15) is 29.1 Å². The maximum absolute atomic E-state index is 4.36. The summed E-state index contributed by atoms with van der Waals surface area (Å²) >= 11 is 1.85. The summed E-state index contributed by atoms with van der Waals surface area (Å²) in [5.41, 5.74) is 0. The molecule has 1 saturated carbocycles. The number of thiazole rings is 1. The zero-order chi connectivity index (χ0) is 7.68. The Bertz CT molecular complexity index is 237. The van der Waals surface area contributed by atoms with Crippen LogP contribution >= 0.6 is 11.3 Å². The lowest BCUT2D eigenvalue weighted by Gasteiger charge is -2.23. The van der Waals surface area contributed by atoms with E-state index in [1.165, 1.54) is 35.6 Å². The van der Waals surface area contributed by atoms with Gasteiger partial charge in [-0.15, -0.1) is 11.3 Å². The number of aromatic nitrogens is 1. The molecule has 0 N–H and O–H groups in total. The SMILES string of the molecule is Cc1cnc(CC2CCC2)s1. The van der Waals surface area contributed by atoms with Crippen molar-refractivity contribution in [2.45, 2.75) is 32.6 Å². The zero-order valence-electron chi connectivity index (χ0n) is 6.84. The normalized spacial score (nSPS) is 18.3. The molecule has 0 spiro atoms. The predicted molar refractivity (Wildman–Crippen MR) is 47.9 cm³/mol. The van der Waals surface area contributed by atoms with Gasteiger partial charge in [0.1, 0.15) is 0 Å². The monoisotopic (exact) mass is 167 g/mol. The van der Waals surface area contributed by atoms with Crippen molar-refractivity contribution in [2.24, 2.45) is 5.92 Å². The standard InChI is InChI=1S/C9H13NS/c1-7-6-10-9(11-7)5-8-3-2-4-8/h6,8H,2-5H2,1H3. The quantitative estimate of drug-likeness (QED) is 0.660. The van der Waals surface area contributed by atoms with Crippen LogP contribution in [0.15, 0.2) is 6.20 Å². The Morgan fingerprint density at radius 2 is 2.45 bits per heavy atom. The van der Waals surface area contributed by atoms with E-state index in [0.29, 0.717) is 0 Å². The van der Waals surface area contributed by atoms with Crippen molar-refractivity contribution in [1.29, 1.82) is 0 Å². The van der Waals surface area contributed by atoms with E-state index in [1.54, 1.807) is 0 Å². The molecule has 1 aliphatic rings. The average Bonchev–Trinajstić information content (AvgIpc) is 2.27. The van der Waals surface area contributed by atoms with Gasteiger partial charge in [0.15, 0.2) is 0 Å². The van der Waals surface area contributed by atoms with E-state index in [4.69, 9.17) is 0 Å². The number of nitrogens with zero attached hydrogens (tertiary/aromatic N) is 1. The van der Waals surface area contributed by atoms with Crippen LogP contribution in [-0.4, -0.2) is 4.98 Å². The van der Waals surface area contributed by atoms with Crippen molar-refractivity contribution < 1.29 is 0 Å². The first-order valence-corrected chi connectivity index (χ1v) is 5.07. The van der Waals surface area contributed by atoms with Gasteiger partial charge in [0.2, 0.25) is 0 Å². The van der Waals surface area contributed by atoms with Crippen molar-refractivity contribution in [3.05, 3.63) is 16.1 Å². The molecule has 0 aromatic carbocycles. The van der Waals surface area contributed by atoms with Crippen molar-refractivity contribution in [3.63, 3.8) is 0 Å². The minimum atomic E-state index is 0.959. The fourth-order valence-electron chi connectivity index (χ4n) is 1.44. The number of hydrogen-bond acceptors (Lipinski definition) is 2. The van der Waals surface area contributed by atoms with Crippen molar-refractivity contribution in [2.75, 3.05) is 0 Å². The summed E-state index contributed by atoms with van der Waals surface area (Å²) in [6.45, 7) is 2.13. The zero-order valence-corrected chi connectivity index (χ0v) is 7.66. The molecular formula is C9H13NS. The van der Waals surface area contributed by atoms with E-state index in [9.17, 15) is 0 Å². The minimum Gasteiger partial charge on any atom is -0.249 e. The highest BCUT2D eigenvalue weighted by molar-refractivity contribution is 7.11. The van der Waals surface area contributed by atoms with E-state index in [2.05, 4.69) is 11.9 Å². The van der Waals surface area contributed by atoms with Gasteiger partial charge in [-0.3, -0.25) is 0 Å². The lowest BCUT2D eigenvalue weighted by Crippen LogP contribution is -2.13. The van der Waals surface area contributed by atoms with Gasteiger partial charge in [-0.1, -0.05) is 19.3 Å². The van der Waals surface area contributed by atoms with Gasteiger partial charge >= 0.3 is 0 Å². The largest absolute Gasteiger partial charge is 0.249 e. The summed E-state index contributed by atoms with van der Waals surface area (Å²) in [6, 6.07) is 0. The van der Waals surface area contributed by atoms with Crippen LogP contribution in [-0.2, 0) is 6.42 Å². The topological polar surface area (TPSA) is 12.9 Å². The van der Waals surface area contributed by atoms with Gasteiger partial charge in [0.25, 0.3) is 0 Å². The molecule has 2 rings (SSSR count). The highest BCUT2D eigenvalue weighted by Gasteiger charge is 2.18. The summed E-state index contributed by atoms with van der Waals surface area (Å²) < 4.78 is 0. The first-order chi connectivity index (χ1) is 5.34. The molecule has 0 aliphatic heterocycles. The van der Waals surface area contributed by atoms with Crippen LogP contribution in [0.3, 0.4) is 0 Å². The van der Waals surface area contributed by atoms with Crippen LogP contribution in [0.25, 0.3) is 0 Å². The highest BCUT2D eigenvalue weighted by atomic mass is 32.1. The number of rotatable bonds is 2. The fourth-order valence-corrected chi connectivity index (χ4v) is 2.34. The number of aryl methyl sites for hydroxylation is 1. The van der Waals surface area contributed by atoms with Gasteiger partial charge in [-0.25, -0.2) is 4.98 Å². The molecule has 1 nitrogen and oxygen atoms in total.